The molecule has 8 nitrogen and oxygen atoms in total. The summed E-state index contributed by atoms with van der Waals surface area (Å²) in [5.41, 5.74) is 0.574. The fourth-order valence-electron chi connectivity index (χ4n) is 7.62. The van der Waals surface area contributed by atoms with Crippen LogP contribution in [0.2, 0.25) is 5.02 Å². The number of carbonyl (C=O) groups is 2. The molecule has 1 spiro atoms. The highest BCUT2D eigenvalue weighted by atomic mass is 35.5. The van der Waals surface area contributed by atoms with Gasteiger partial charge in [-0.1, -0.05) is 42.8 Å². The minimum absolute atomic E-state index is 0.0543. The number of carboxylic acids is 1. The van der Waals surface area contributed by atoms with Gasteiger partial charge in [0.1, 0.15) is 5.75 Å². The van der Waals surface area contributed by atoms with Crippen LogP contribution in [0.25, 0.3) is 0 Å². The molecule has 0 radical (unpaired) electrons. The third-order valence-corrected chi connectivity index (χ3v) is 10.5. The number of rotatable bonds is 1. The van der Waals surface area contributed by atoms with Crippen LogP contribution in [0.3, 0.4) is 0 Å². The van der Waals surface area contributed by atoms with E-state index in [1.165, 1.54) is 16.0 Å². The summed E-state index contributed by atoms with van der Waals surface area (Å²) in [4.78, 5) is 29.5. The Balaban J connectivity index is 1.46. The highest BCUT2D eigenvalue weighted by Gasteiger charge is 2.46. The molecule has 2 aromatic carbocycles. The predicted molar refractivity (Wildman–Crippen MR) is 165 cm³/mol. The molecule has 1 saturated carbocycles. The summed E-state index contributed by atoms with van der Waals surface area (Å²) in [6, 6.07) is 11.1. The lowest BCUT2D eigenvalue weighted by molar-refractivity contribution is -0.164. The Kier molecular flexibility index (Phi) is 7.98. The number of nitrogens with zero attached hydrogens (tertiary/aromatic N) is 2. The van der Waals surface area contributed by atoms with Crippen molar-refractivity contribution >= 4 is 29.2 Å². The SMILES string of the molecule is C[C@H]1/C=C/C(O)[C@@H]2CC[C@H]2CN2C[C@@]3(CCCc4cc(Cl)ccc43)COc3ccc(cc32)[C@@](O)(C(=O)O)CC(=O)N(C)C1. The molecule has 2 aliphatic heterocycles. The number of fused-ring (bicyclic) bond motifs is 4. The second-order valence-electron chi connectivity index (χ2n) is 13.3. The van der Waals surface area contributed by atoms with E-state index in [-0.39, 0.29) is 28.7 Å². The van der Waals surface area contributed by atoms with Crippen LogP contribution >= 0.6 is 11.6 Å². The van der Waals surface area contributed by atoms with Gasteiger partial charge in [-0.15, -0.1) is 0 Å². The summed E-state index contributed by atoms with van der Waals surface area (Å²) in [6.07, 6.45) is 7.36. The number of aliphatic hydroxyl groups is 2. The van der Waals surface area contributed by atoms with Crippen LogP contribution in [0.15, 0.2) is 48.6 Å². The van der Waals surface area contributed by atoms with Crippen LogP contribution in [0, 0.1) is 17.8 Å². The number of anilines is 1. The number of benzene rings is 2. The van der Waals surface area contributed by atoms with Crippen molar-refractivity contribution in [2.24, 2.45) is 17.8 Å². The molecule has 0 aromatic heterocycles. The summed E-state index contributed by atoms with van der Waals surface area (Å²) in [5, 5.41) is 33.7. The predicted octanol–water partition coefficient (Wildman–Crippen LogP) is 4.53. The first kappa shape index (κ1) is 30.0. The van der Waals surface area contributed by atoms with E-state index in [1.54, 1.807) is 25.2 Å². The van der Waals surface area contributed by atoms with Gasteiger partial charge < -0.3 is 29.9 Å². The molecule has 9 heteroatoms. The van der Waals surface area contributed by atoms with E-state index >= 15 is 0 Å². The zero-order chi connectivity index (χ0) is 30.5. The smallest absolute Gasteiger partial charge is 0.340 e. The fourth-order valence-corrected chi connectivity index (χ4v) is 7.82. The van der Waals surface area contributed by atoms with E-state index in [0.29, 0.717) is 42.7 Å². The van der Waals surface area contributed by atoms with Crippen LogP contribution in [0.4, 0.5) is 5.69 Å². The molecule has 6 atom stereocenters. The monoisotopic (exact) mass is 608 g/mol. The van der Waals surface area contributed by atoms with Gasteiger partial charge >= 0.3 is 5.97 Å². The molecule has 2 aliphatic carbocycles. The Hall–Kier alpha value is -3.07. The van der Waals surface area contributed by atoms with Gasteiger partial charge in [0.15, 0.2) is 5.60 Å². The Morgan fingerprint density at radius 3 is 2.67 bits per heavy atom. The van der Waals surface area contributed by atoms with Gasteiger partial charge in [-0.2, -0.15) is 0 Å². The minimum Gasteiger partial charge on any atom is -0.490 e. The topological polar surface area (TPSA) is 111 Å². The summed E-state index contributed by atoms with van der Waals surface area (Å²) < 4.78 is 6.53. The van der Waals surface area contributed by atoms with Crippen LogP contribution in [0.1, 0.15) is 55.7 Å². The number of hydrogen-bond donors (Lipinski definition) is 3. The van der Waals surface area contributed by atoms with Crippen molar-refractivity contribution in [3.63, 3.8) is 0 Å². The van der Waals surface area contributed by atoms with Gasteiger partial charge in [-0.05, 0) is 90.8 Å². The van der Waals surface area contributed by atoms with Crippen LogP contribution in [-0.4, -0.2) is 71.5 Å². The number of aliphatic hydroxyl groups excluding tert-OH is 1. The molecule has 0 saturated heterocycles. The van der Waals surface area contributed by atoms with Gasteiger partial charge in [0, 0.05) is 37.1 Å². The van der Waals surface area contributed by atoms with Crippen molar-refractivity contribution in [3.05, 3.63) is 70.3 Å². The Morgan fingerprint density at radius 1 is 1.12 bits per heavy atom. The quantitative estimate of drug-likeness (QED) is 0.408. The second-order valence-corrected chi connectivity index (χ2v) is 13.7. The maximum atomic E-state index is 13.2. The molecule has 2 heterocycles. The summed E-state index contributed by atoms with van der Waals surface area (Å²) in [7, 11) is 1.61. The lowest BCUT2D eigenvalue weighted by atomic mass is 9.68. The Morgan fingerprint density at radius 2 is 1.93 bits per heavy atom. The summed E-state index contributed by atoms with van der Waals surface area (Å²) in [5.74, 6) is -1.07. The molecule has 230 valence electrons. The summed E-state index contributed by atoms with van der Waals surface area (Å²) >= 11 is 6.39. The van der Waals surface area contributed by atoms with E-state index in [4.69, 9.17) is 16.3 Å². The molecule has 4 aliphatic rings. The summed E-state index contributed by atoms with van der Waals surface area (Å²) in [6.45, 7) is 4.04. The molecule has 2 aromatic rings. The van der Waals surface area contributed by atoms with Gasteiger partial charge in [-0.25, -0.2) is 4.79 Å². The molecule has 1 amide bonds. The third kappa shape index (κ3) is 5.54. The van der Waals surface area contributed by atoms with Gasteiger partial charge in [-0.3, -0.25) is 4.79 Å². The van der Waals surface area contributed by atoms with Crippen molar-refractivity contribution in [2.45, 2.75) is 62.6 Å². The fraction of sp³-hybridized carbons (Fsp3) is 0.529. The third-order valence-electron chi connectivity index (χ3n) is 10.3. The van der Waals surface area contributed by atoms with Crippen molar-refractivity contribution < 1.29 is 29.6 Å². The highest BCUT2D eigenvalue weighted by molar-refractivity contribution is 6.30. The first-order chi connectivity index (χ1) is 20.5. The lowest BCUT2D eigenvalue weighted by Gasteiger charge is -2.45. The molecule has 6 rings (SSSR count). The van der Waals surface area contributed by atoms with E-state index in [1.807, 2.05) is 25.1 Å². The minimum atomic E-state index is -2.41. The number of ether oxygens (including phenoxy) is 1. The average molecular weight is 609 g/mol. The van der Waals surface area contributed by atoms with Crippen molar-refractivity contribution in [3.8, 4) is 5.75 Å². The molecular formula is C34H41ClN2O6. The first-order valence-electron chi connectivity index (χ1n) is 15.4. The largest absolute Gasteiger partial charge is 0.490 e. The molecule has 1 fully saturated rings. The number of amides is 1. The number of aryl methyl sites for hydroxylation is 1. The lowest BCUT2D eigenvalue weighted by Crippen LogP contribution is -2.49. The van der Waals surface area contributed by atoms with Crippen molar-refractivity contribution in [1.29, 1.82) is 0 Å². The number of hydrogen-bond acceptors (Lipinski definition) is 6. The molecule has 3 N–H and O–H groups in total. The van der Waals surface area contributed by atoms with Gasteiger partial charge in [0.05, 0.1) is 24.8 Å². The molecule has 43 heavy (non-hydrogen) atoms. The number of carboxylic acid groups (broad SMARTS) is 1. The van der Waals surface area contributed by atoms with E-state index in [2.05, 4.69) is 17.0 Å². The Labute approximate surface area is 257 Å². The first-order valence-corrected chi connectivity index (χ1v) is 15.7. The maximum absolute atomic E-state index is 13.2. The van der Waals surface area contributed by atoms with Crippen molar-refractivity contribution in [1.82, 2.24) is 4.90 Å². The molecule has 2 bridgehead atoms. The number of carbonyl (C=O) groups excluding carboxylic acids is 1. The molecule has 1 unspecified atom stereocenters. The van der Waals surface area contributed by atoms with Crippen molar-refractivity contribution in [2.75, 3.05) is 38.2 Å². The van der Waals surface area contributed by atoms with Crippen LogP contribution < -0.4 is 9.64 Å². The zero-order valence-electron chi connectivity index (χ0n) is 24.8. The average Bonchev–Trinajstić information content (AvgIpc) is 3.10. The Bertz CT molecular complexity index is 1450. The standard InChI is InChI=1S/C34H41ClN2O6/c1-21-5-11-29(38)26-9-6-23(26)18-37-19-33(13-3-4-22-14-25(35)8-10-27(22)33)20-43-30-12-7-24(15-28(30)37)34(42,32(40)41)16-31(39)36(2)17-21/h5,7-8,10-12,14-15,21,23,26,29,38,42H,3-4,6,9,13,16-20H2,1-2H3,(H,40,41)/b11-5+/t21-,23-,26+,29?,33-,34+/m0/s1. The normalized spacial score (nSPS) is 33.5. The van der Waals surface area contributed by atoms with Gasteiger partial charge in [0.25, 0.3) is 0 Å². The number of aliphatic carboxylic acids is 1. The van der Waals surface area contributed by atoms with Crippen LogP contribution in [-0.2, 0) is 27.0 Å². The van der Waals surface area contributed by atoms with E-state index in [9.17, 15) is 24.9 Å². The van der Waals surface area contributed by atoms with Gasteiger partial charge in [0.2, 0.25) is 5.91 Å². The van der Waals surface area contributed by atoms with Crippen LogP contribution in [0.5, 0.6) is 5.75 Å². The van der Waals surface area contributed by atoms with E-state index < -0.39 is 30.0 Å². The van der Waals surface area contributed by atoms with E-state index in [0.717, 1.165) is 32.1 Å². The highest BCUT2D eigenvalue weighted by Crippen LogP contribution is 2.47. The second kappa shape index (κ2) is 11.5. The maximum Gasteiger partial charge on any atom is 0.340 e. The number of halogens is 1. The molecular weight excluding hydrogens is 568 g/mol. The zero-order valence-corrected chi connectivity index (χ0v) is 25.6.